The quantitative estimate of drug-likeness (QED) is 0.129. The van der Waals surface area contributed by atoms with Gasteiger partial charge in [-0.15, -0.1) is 0 Å². The van der Waals surface area contributed by atoms with Gasteiger partial charge in [-0.1, -0.05) is 71.1 Å². The average Bonchev–Trinajstić information content (AvgIpc) is 2.87. The molecule has 1 heterocycles. The molecule has 1 aliphatic rings. The first-order valence-corrected chi connectivity index (χ1v) is 16.4. The lowest BCUT2D eigenvalue weighted by atomic mass is 9.79. The highest BCUT2D eigenvalue weighted by atomic mass is 31.2. The number of unbranched alkanes of at least 4 members (excludes halogenated alkanes) is 9. The number of ether oxygens (including phenoxy) is 4. The molecule has 0 aromatic rings. The zero-order valence-corrected chi connectivity index (χ0v) is 25.2. The Labute approximate surface area is 227 Å². The normalized spacial score (nSPS) is 19.4. The Morgan fingerprint density at radius 3 is 1.62 bits per heavy atom. The predicted molar refractivity (Wildman–Crippen MR) is 148 cm³/mol. The molecule has 222 valence electrons. The first-order valence-electron chi connectivity index (χ1n) is 14.9. The fraction of sp³-hybridized carbons (Fsp3) is 1.00. The number of hydrogen-bond acceptors (Lipinski definition) is 8. The third-order valence-corrected chi connectivity index (χ3v) is 8.58. The summed E-state index contributed by atoms with van der Waals surface area (Å²) in [5.41, 5.74) is -0.492. The van der Waals surface area contributed by atoms with Crippen molar-refractivity contribution in [1.82, 2.24) is 0 Å². The Balaban J connectivity index is 2.79. The van der Waals surface area contributed by atoms with Crippen molar-refractivity contribution in [2.24, 2.45) is 5.41 Å². The van der Waals surface area contributed by atoms with Gasteiger partial charge in [0, 0.05) is 18.6 Å². The van der Waals surface area contributed by atoms with Gasteiger partial charge in [0.25, 0.3) is 0 Å². The molecule has 1 atom stereocenters. The Morgan fingerprint density at radius 2 is 1.14 bits per heavy atom. The number of rotatable bonds is 18. The zero-order valence-electron chi connectivity index (χ0n) is 24.3. The van der Waals surface area contributed by atoms with Crippen LogP contribution in [-0.2, 0) is 37.1 Å². The fourth-order valence-electron chi connectivity index (χ4n) is 4.56. The topological polar surface area (TPSA) is 81.7 Å². The molecular formula is C28H57O8P. The van der Waals surface area contributed by atoms with Crippen molar-refractivity contribution in [3.63, 3.8) is 0 Å². The van der Waals surface area contributed by atoms with E-state index < -0.39 is 19.3 Å². The summed E-state index contributed by atoms with van der Waals surface area (Å²) in [5.74, 6) is 0. The van der Waals surface area contributed by atoms with Gasteiger partial charge in [-0.2, -0.15) is 0 Å². The molecule has 0 unspecified atom stereocenters. The first-order chi connectivity index (χ1) is 18.0. The minimum Gasteiger partial charge on any atom is -0.379 e. The highest BCUT2D eigenvalue weighted by molar-refractivity contribution is 7.48. The van der Waals surface area contributed by atoms with E-state index in [1.165, 1.54) is 51.4 Å². The van der Waals surface area contributed by atoms with Crippen molar-refractivity contribution in [1.29, 1.82) is 0 Å². The van der Waals surface area contributed by atoms with Crippen LogP contribution in [0.15, 0.2) is 0 Å². The standard InChI is InChI=1S/C28H57O8P/c1-5-8-9-10-11-12-13-14-15-16-18-28(27(4)36-37(29,34-6-2)35-7-3)25-32-23-21-30-19-17-20-31-22-24-33-26-28/h27H,5-26H2,1-4H3/t27-/m0/s1. The van der Waals surface area contributed by atoms with Gasteiger partial charge in [-0.05, 0) is 33.6 Å². The van der Waals surface area contributed by atoms with Gasteiger partial charge in [-0.25, -0.2) is 4.57 Å². The van der Waals surface area contributed by atoms with Gasteiger partial charge in [0.2, 0.25) is 0 Å². The molecule has 1 saturated heterocycles. The molecule has 0 saturated carbocycles. The molecular weight excluding hydrogens is 495 g/mol. The lowest BCUT2D eigenvalue weighted by Gasteiger charge is -2.39. The molecule has 0 radical (unpaired) electrons. The van der Waals surface area contributed by atoms with Gasteiger partial charge >= 0.3 is 7.82 Å². The van der Waals surface area contributed by atoms with Gasteiger partial charge in [0.1, 0.15) is 0 Å². The summed E-state index contributed by atoms with van der Waals surface area (Å²) in [6, 6.07) is 0. The van der Waals surface area contributed by atoms with Gasteiger partial charge in [0.15, 0.2) is 0 Å². The summed E-state index contributed by atoms with van der Waals surface area (Å²) < 4.78 is 53.7. The van der Waals surface area contributed by atoms with Crippen LogP contribution in [0.3, 0.4) is 0 Å². The lowest BCUT2D eigenvalue weighted by molar-refractivity contribution is -0.104. The van der Waals surface area contributed by atoms with E-state index in [0.29, 0.717) is 52.9 Å². The second kappa shape index (κ2) is 22.7. The van der Waals surface area contributed by atoms with E-state index in [2.05, 4.69) is 6.92 Å². The Bertz CT molecular complexity index is 538. The van der Waals surface area contributed by atoms with Crippen LogP contribution in [0.1, 0.15) is 105 Å². The molecule has 0 aromatic carbocycles. The van der Waals surface area contributed by atoms with Crippen LogP contribution < -0.4 is 0 Å². The molecule has 0 N–H and O–H groups in total. The average molecular weight is 553 g/mol. The number of phosphoric acid groups is 1. The molecule has 0 aromatic heterocycles. The van der Waals surface area contributed by atoms with Crippen molar-refractivity contribution in [2.45, 2.75) is 111 Å². The molecule has 0 aliphatic carbocycles. The number of phosphoric ester groups is 1. The monoisotopic (exact) mass is 552 g/mol. The smallest absolute Gasteiger partial charge is 0.379 e. The van der Waals surface area contributed by atoms with E-state index in [1.807, 2.05) is 6.92 Å². The molecule has 8 nitrogen and oxygen atoms in total. The van der Waals surface area contributed by atoms with E-state index in [-0.39, 0.29) is 13.2 Å². The van der Waals surface area contributed by atoms with E-state index in [0.717, 1.165) is 25.7 Å². The summed E-state index contributed by atoms with van der Waals surface area (Å²) in [6.07, 6.45) is 13.9. The summed E-state index contributed by atoms with van der Waals surface area (Å²) in [4.78, 5) is 0. The molecule has 1 aliphatic heterocycles. The summed E-state index contributed by atoms with van der Waals surface area (Å²) >= 11 is 0. The minimum absolute atomic E-state index is 0.247. The van der Waals surface area contributed by atoms with Gasteiger partial charge in [0.05, 0.1) is 59.0 Å². The maximum absolute atomic E-state index is 13.2. The van der Waals surface area contributed by atoms with Crippen LogP contribution in [0.2, 0.25) is 0 Å². The second-order valence-corrected chi connectivity index (χ2v) is 11.6. The lowest BCUT2D eigenvalue weighted by Crippen LogP contribution is -2.44. The zero-order chi connectivity index (χ0) is 27.1. The van der Waals surface area contributed by atoms with E-state index in [4.69, 9.17) is 32.5 Å². The Kier molecular flexibility index (Phi) is 21.5. The largest absolute Gasteiger partial charge is 0.475 e. The summed E-state index contributed by atoms with van der Waals surface area (Å²) in [6.45, 7) is 12.4. The minimum atomic E-state index is -3.68. The van der Waals surface area contributed by atoms with Crippen LogP contribution in [0, 0.1) is 5.41 Å². The van der Waals surface area contributed by atoms with Crippen molar-refractivity contribution >= 4 is 7.82 Å². The maximum Gasteiger partial charge on any atom is 0.475 e. The molecule has 0 spiro atoms. The van der Waals surface area contributed by atoms with Gasteiger partial charge < -0.3 is 18.9 Å². The van der Waals surface area contributed by atoms with Crippen molar-refractivity contribution < 1.29 is 37.1 Å². The Morgan fingerprint density at radius 1 is 0.676 bits per heavy atom. The van der Waals surface area contributed by atoms with Crippen LogP contribution in [0.25, 0.3) is 0 Å². The highest BCUT2D eigenvalue weighted by Crippen LogP contribution is 2.53. The van der Waals surface area contributed by atoms with Crippen LogP contribution >= 0.6 is 7.82 Å². The fourth-order valence-corrected chi connectivity index (χ4v) is 6.00. The molecule has 37 heavy (non-hydrogen) atoms. The Hall–Kier alpha value is -0.0500. The number of hydrogen-bond donors (Lipinski definition) is 0. The molecule has 0 bridgehead atoms. The molecule has 0 amide bonds. The SMILES string of the molecule is CCCCCCCCCCCCC1([C@H](C)OP(=O)(OCC)OCC)COCCOCCCOCCOC1. The molecule has 9 heteroatoms. The van der Waals surface area contributed by atoms with Crippen LogP contribution in [-0.4, -0.2) is 72.2 Å². The third-order valence-electron chi connectivity index (χ3n) is 6.85. The predicted octanol–water partition coefficient (Wildman–Crippen LogP) is 7.34. The van der Waals surface area contributed by atoms with E-state index >= 15 is 0 Å². The van der Waals surface area contributed by atoms with Crippen molar-refractivity contribution in [3.05, 3.63) is 0 Å². The van der Waals surface area contributed by atoms with Gasteiger partial charge in [-0.3, -0.25) is 13.6 Å². The third kappa shape index (κ3) is 16.6. The summed E-state index contributed by atoms with van der Waals surface area (Å²) in [5, 5.41) is 0. The van der Waals surface area contributed by atoms with E-state index in [1.54, 1.807) is 13.8 Å². The maximum atomic E-state index is 13.2. The van der Waals surface area contributed by atoms with Crippen molar-refractivity contribution in [2.75, 3.05) is 66.1 Å². The van der Waals surface area contributed by atoms with Crippen molar-refractivity contribution in [3.8, 4) is 0 Å². The first kappa shape index (κ1) is 35.0. The molecule has 1 rings (SSSR count). The second-order valence-electron chi connectivity index (χ2n) is 10.0. The van der Waals surface area contributed by atoms with Crippen LogP contribution in [0.4, 0.5) is 0 Å². The molecule has 1 fully saturated rings. The summed E-state index contributed by atoms with van der Waals surface area (Å²) in [7, 11) is -3.68. The van der Waals surface area contributed by atoms with Crippen LogP contribution in [0.5, 0.6) is 0 Å². The highest BCUT2D eigenvalue weighted by Gasteiger charge is 2.42. The van der Waals surface area contributed by atoms with E-state index in [9.17, 15) is 4.57 Å².